The molecule has 8 heteroatoms. The number of rotatable bonds is 3. The molecule has 0 atom stereocenters. The Morgan fingerprint density at radius 2 is 2.09 bits per heavy atom. The minimum Gasteiger partial charge on any atom is -0.382 e. The molecule has 4 rings (SSSR count). The topological polar surface area (TPSA) is 96.6 Å². The van der Waals surface area contributed by atoms with Crippen molar-refractivity contribution in [3.05, 3.63) is 42.5 Å². The minimum atomic E-state index is -3.71. The Morgan fingerprint density at radius 1 is 1.30 bits per heavy atom. The normalized spacial score (nSPS) is 20.8. The first-order valence-corrected chi connectivity index (χ1v) is 8.86. The second kappa shape index (κ2) is 4.90. The Morgan fingerprint density at radius 3 is 2.83 bits per heavy atom. The number of fused-ring (bicyclic) bond motifs is 1. The highest BCUT2D eigenvalue weighted by Crippen LogP contribution is 2.40. The standard InChI is InChI=1S/C15H16N4O3S/c20-15(6-3-7-15)14-16-8-9-19(14)10-13-17-11-4-1-2-5-12(11)23(21,22)18-13/h1-2,4-5,8-9,20H,3,6-7,10H2,(H,17,18). The maximum Gasteiger partial charge on any atom is 0.286 e. The molecular formula is C15H16N4O3S. The number of aliphatic hydroxyl groups is 1. The van der Waals surface area contributed by atoms with Crippen molar-refractivity contribution in [1.29, 1.82) is 0 Å². The van der Waals surface area contributed by atoms with Gasteiger partial charge in [-0.2, -0.15) is 8.42 Å². The maximum absolute atomic E-state index is 12.3. The van der Waals surface area contributed by atoms with Crippen LogP contribution in [0.25, 0.3) is 0 Å². The van der Waals surface area contributed by atoms with E-state index in [1.54, 1.807) is 35.2 Å². The van der Waals surface area contributed by atoms with Crippen molar-refractivity contribution >= 4 is 21.5 Å². The van der Waals surface area contributed by atoms with Crippen LogP contribution in [0.3, 0.4) is 0 Å². The number of aromatic nitrogens is 2. The number of benzene rings is 1. The van der Waals surface area contributed by atoms with Gasteiger partial charge in [-0.1, -0.05) is 12.1 Å². The van der Waals surface area contributed by atoms with Crippen LogP contribution in [0.15, 0.2) is 46.0 Å². The van der Waals surface area contributed by atoms with E-state index in [0.717, 1.165) is 6.42 Å². The number of para-hydroxylation sites is 1. The second-order valence-electron chi connectivity index (χ2n) is 5.90. The smallest absolute Gasteiger partial charge is 0.286 e. The number of amidine groups is 1. The maximum atomic E-state index is 12.3. The second-order valence-corrected chi connectivity index (χ2v) is 7.47. The van der Waals surface area contributed by atoms with Gasteiger partial charge < -0.3 is 15.0 Å². The molecule has 0 bridgehead atoms. The first-order chi connectivity index (χ1) is 11.0. The van der Waals surface area contributed by atoms with Gasteiger partial charge in [0.15, 0.2) is 0 Å². The summed E-state index contributed by atoms with van der Waals surface area (Å²) in [6.07, 6.45) is 5.64. The number of nitrogens with zero attached hydrogens (tertiary/aromatic N) is 3. The third kappa shape index (κ3) is 2.34. The molecule has 0 saturated heterocycles. The summed E-state index contributed by atoms with van der Waals surface area (Å²) in [5, 5.41) is 13.5. The van der Waals surface area contributed by atoms with Gasteiger partial charge in [0.1, 0.15) is 22.2 Å². The lowest BCUT2D eigenvalue weighted by molar-refractivity contribution is -0.0490. The fourth-order valence-corrected chi connectivity index (χ4v) is 4.12. The summed E-state index contributed by atoms with van der Waals surface area (Å²) in [6.45, 7) is 0.213. The first-order valence-electron chi connectivity index (χ1n) is 7.42. The van der Waals surface area contributed by atoms with Gasteiger partial charge in [0, 0.05) is 12.4 Å². The molecule has 0 radical (unpaired) electrons. The van der Waals surface area contributed by atoms with Crippen LogP contribution in [0, 0.1) is 0 Å². The molecule has 120 valence electrons. The van der Waals surface area contributed by atoms with Crippen molar-refractivity contribution < 1.29 is 13.5 Å². The summed E-state index contributed by atoms with van der Waals surface area (Å²) in [7, 11) is -3.71. The summed E-state index contributed by atoms with van der Waals surface area (Å²) < 4.78 is 30.1. The van der Waals surface area contributed by atoms with E-state index in [-0.39, 0.29) is 11.4 Å². The highest BCUT2D eigenvalue weighted by Gasteiger charge is 2.40. The van der Waals surface area contributed by atoms with Crippen molar-refractivity contribution in [2.45, 2.75) is 36.3 Å². The monoisotopic (exact) mass is 332 g/mol. The molecule has 0 amide bonds. The molecule has 2 heterocycles. The van der Waals surface area contributed by atoms with Crippen LogP contribution in [0.5, 0.6) is 0 Å². The molecule has 1 aromatic heterocycles. The molecule has 2 N–H and O–H groups in total. The van der Waals surface area contributed by atoms with E-state index in [9.17, 15) is 13.5 Å². The van der Waals surface area contributed by atoms with Gasteiger partial charge in [-0.25, -0.2) is 4.98 Å². The van der Waals surface area contributed by atoms with Gasteiger partial charge in [-0.3, -0.25) is 0 Å². The fourth-order valence-electron chi connectivity index (χ4n) is 2.98. The van der Waals surface area contributed by atoms with E-state index in [4.69, 9.17) is 0 Å². The van der Waals surface area contributed by atoms with Crippen LogP contribution in [0.2, 0.25) is 0 Å². The van der Waals surface area contributed by atoms with Gasteiger partial charge in [0.05, 0.1) is 12.2 Å². The van der Waals surface area contributed by atoms with E-state index in [1.807, 2.05) is 0 Å². The zero-order valence-corrected chi connectivity index (χ0v) is 13.1. The average Bonchev–Trinajstić information content (AvgIpc) is 2.92. The molecule has 1 saturated carbocycles. The third-order valence-corrected chi connectivity index (χ3v) is 5.68. The zero-order chi connectivity index (χ0) is 16.1. The molecular weight excluding hydrogens is 316 g/mol. The predicted octanol–water partition coefficient (Wildman–Crippen LogP) is 1.47. The lowest BCUT2D eigenvalue weighted by Crippen LogP contribution is -2.38. The van der Waals surface area contributed by atoms with Gasteiger partial charge >= 0.3 is 0 Å². The van der Waals surface area contributed by atoms with Crippen molar-refractivity contribution in [1.82, 2.24) is 9.55 Å². The van der Waals surface area contributed by atoms with E-state index in [2.05, 4.69) is 14.7 Å². The SMILES string of the molecule is O=S1(=O)N=C(Cn2ccnc2C2(O)CCC2)Nc2ccccc21. The number of hydrogen-bond donors (Lipinski definition) is 2. The van der Waals surface area contributed by atoms with Crippen LogP contribution in [-0.4, -0.2) is 28.9 Å². The van der Waals surface area contributed by atoms with Crippen LogP contribution in [0.1, 0.15) is 25.1 Å². The van der Waals surface area contributed by atoms with Gasteiger partial charge in [-0.05, 0) is 31.4 Å². The molecule has 0 unspecified atom stereocenters. The summed E-state index contributed by atoms with van der Waals surface area (Å²) in [6, 6.07) is 6.66. The highest BCUT2D eigenvalue weighted by atomic mass is 32.2. The average molecular weight is 332 g/mol. The number of nitrogens with one attached hydrogen (secondary N) is 1. The molecule has 1 fully saturated rings. The number of anilines is 1. The Labute approximate surface area is 133 Å². The predicted molar refractivity (Wildman–Crippen MR) is 84.7 cm³/mol. The largest absolute Gasteiger partial charge is 0.382 e. The summed E-state index contributed by atoms with van der Waals surface area (Å²) in [5.41, 5.74) is -0.392. The molecule has 1 aromatic carbocycles. The van der Waals surface area contributed by atoms with Gasteiger partial charge in [-0.15, -0.1) is 4.40 Å². The minimum absolute atomic E-state index is 0.173. The molecule has 0 spiro atoms. The zero-order valence-electron chi connectivity index (χ0n) is 12.3. The molecule has 2 aliphatic rings. The molecule has 7 nitrogen and oxygen atoms in total. The Bertz CT molecular complexity index is 897. The van der Waals surface area contributed by atoms with E-state index in [0.29, 0.717) is 30.2 Å². The summed E-state index contributed by atoms with van der Waals surface area (Å²) in [4.78, 5) is 4.41. The number of hydrogen-bond acceptors (Lipinski definition) is 5. The van der Waals surface area contributed by atoms with Crippen LogP contribution < -0.4 is 5.32 Å². The van der Waals surface area contributed by atoms with E-state index >= 15 is 0 Å². The molecule has 2 aromatic rings. The van der Waals surface area contributed by atoms with Crippen molar-refractivity contribution in [2.24, 2.45) is 4.40 Å². The van der Waals surface area contributed by atoms with Gasteiger partial charge in [0.25, 0.3) is 10.0 Å². The number of imidazole rings is 1. The van der Waals surface area contributed by atoms with Gasteiger partial charge in [0.2, 0.25) is 0 Å². The molecule has 1 aliphatic carbocycles. The fraction of sp³-hybridized carbons (Fsp3) is 0.333. The lowest BCUT2D eigenvalue weighted by Gasteiger charge is -2.36. The summed E-state index contributed by atoms with van der Waals surface area (Å²) in [5.74, 6) is 0.871. The summed E-state index contributed by atoms with van der Waals surface area (Å²) >= 11 is 0. The number of sulfonamides is 1. The van der Waals surface area contributed by atoms with Crippen LogP contribution in [0.4, 0.5) is 5.69 Å². The van der Waals surface area contributed by atoms with Crippen molar-refractivity contribution in [3.63, 3.8) is 0 Å². The van der Waals surface area contributed by atoms with Crippen molar-refractivity contribution in [3.8, 4) is 0 Å². The highest BCUT2D eigenvalue weighted by molar-refractivity contribution is 7.90. The Balaban J connectivity index is 1.67. The van der Waals surface area contributed by atoms with Crippen molar-refractivity contribution in [2.75, 3.05) is 5.32 Å². The van der Waals surface area contributed by atoms with E-state index < -0.39 is 15.6 Å². The van der Waals surface area contributed by atoms with Crippen LogP contribution >= 0.6 is 0 Å². The molecule has 1 aliphatic heterocycles. The Kier molecular flexibility index (Phi) is 3.07. The Hall–Kier alpha value is -2.19. The first kappa shape index (κ1) is 14.4. The quantitative estimate of drug-likeness (QED) is 0.887. The molecule has 23 heavy (non-hydrogen) atoms. The van der Waals surface area contributed by atoms with Crippen LogP contribution in [-0.2, 0) is 22.2 Å². The lowest BCUT2D eigenvalue weighted by atomic mass is 9.79. The third-order valence-electron chi connectivity index (χ3n) is 4.31. The van der Waals surface area contributed by atoms with E-state index in [1.165, 1.54) is 6.07 Å².